The van der Waals surface area contributed by atoms with Gasteiger partial charge in [0.25, 0.3) is 5.91 Å². The normalized spacial score (nSPS) is 11.5. The summed E-state index contributed by atoms with van der Waals surface area (Å²) in [6, 6.07) is 12.5. The molecule has 0 aliphatic carbocycles. The van der Waals surface area contributed by atoms with Crippen molar-refractivity contribution in [1.82, 2.24) is 0 Å². The smallest absolute Gasteiger partial charge is 0.347 e. The van der Waals surface area contributed by atoms with Crippen LogP contribution in [0.4, 0.5) is 5.69 Å². The Kier molecular flexibility index (Phi) is 6.42. The largest absolute Gasteiger partial charge is 0.479 e. The summed E-state index contributed by atoms with van der Waals surface area (Å²) in [7, 11) is 0. The highest BCUT2D eigenvalue weighted by Gasteiger charge is 2.18. The minimum atomic E-state index is -0.817. The van der Waals surface area contributed by atoms with Crippen LogP contribution in [0.25, 0.3) is 0 Å². The van der Waals surface area contributed by atoms with Crippen molar-refractivity contribution in [1.29, 1.82) is 0 Å². The SMILES string of the molecule is Cc1cccc(O[C@@H](C)C(=O)OCC(=O)Nc2cccc(Cl)c2C)c1. The molecule has 2 aromatic carbocycles. The molecule has 1 N–H and O–H groups in total. The van der Waals surface area contributed by atoms with E-state index in [1.54, 1.807) is 38.1 Å². The van der Waals surface area contributed by atoms with E-state index in [0.29, 0.717) is 16.5 Å². The summed E-state index contributed by atoms with van der Waals surface area (Å²) in [5, 5.41) is 3.21. The number of hydrogen-bond acceptors (Lipinski definition) is 4. The number of nitrogens with one attached hydrogen (secondary N) is 1. The topological polar surface area (TPSA) is 64.6 Å². The molecule has 0 unspecified atom stereocenters. The molecule has 5 nitrogen and oxygen atoms in total. The first-order chi connectivity index (χ1) is 11.9. The molecule has 0 radical (unpaired) electrons. The summed E-state index contributed by atoms with van der Waals surface area (Å²) >= 11 is 6.00. The van der Waals surface area contributed by atoms with Crippen LogP contribution in [0.5, 0.6) is 5.75 Å². The van der Waals surface area contributed by atoms with Crippen LogP contribution in [-0.2, 0) is 14.3 Å². The molecule has 1 amide bonds. The minimum absolute atomic E-state index is 0.397. The van der Waals surface area contributed by atoms with E-state index >= 15 is 0 Å². The van der Waals surface area contributed by atoms with Gasteiger partial charge in [0.1, 0.15) is 5.75 Å². The second-order valence-electron chi connectivity index (χ2n) is 5.64. The van der Waals surface area contributed by atoms with Gasteiger partial charge < -0.3 is 14.8 Å². The third-order valence-electron chi connectivity index (χ3n) is 3.52. The molecule has 6 heteroatoms. The predicted molar refractivity (Wildman–Crippen MR) is 97.0 cm³/mol. The van der Waals surface area contributed by atoms with Crippen molar-refractivity contribution < 1.29 is 19.1 Å². The number of benzene rings is 2. The van der Waals surface area contributed by atoms with E-state index in [2.05, 4.69) is 5.32 Å². The molecule has 0 saturated carbocycles. The average molecular weight is 362 g/mol. The van der Waals surface area contributed by atoms with E-state index in [1.165, 1.54) is 0 Å². The summed E-state index contributed by atoms with van der Waals surface area (Å²) in [5.41, 5.74) is 2.35. The fourth-order valence-electron chi connectivity index (χ4n) is 2.12. The lowest BCUT2D eigenvalue weighted by Gasteiger charge is -2.14. The molecule has 25 heavy (non-hydrogen) atoms. The van der Waals surface area contributed by atoms with Gasteiger partial charge in [-0.15, -0.1) is 0 Å². The van der Waals surface area contributed by atoms with Gasteiger partial charge in [-0.05, 0) is 56.2 Å². The molecule has 1 atom stereocenters. The molecule has 2 rings (SSSR count). The summed E-state index contributed by atoms with van der Waals surface area (Å²) in [6.45, 7) is 4.90. The van der Waals surface area contributed by atoms with Gasteiger partial charge in [-0.2, -0.15) is 0 Å². The predicted octanol–water partition coefficient (Wildman–Crippen LogP) is 3.91. The molecular weight excluding hydrogens is 342 g/mol. The van der Waals surface area contributed by atoms with E-state index in [4.69, 9.17) is 21.1 Å². The summed E-state index contributed by atoms with van der Waals surface area (Å²) < 4.78 is 10.5. The number of amides is 1. The zero-order chi connectivity index (χ0) is 18.4. The van der Waals surface area contributed by atoms with Crippen LogP contribution in [0.15, 0.2) is 42.5 Å². The molecule has 0 saturated heterocycles. The Bertz CT molecular complexity index is 776. The number of anilines is 1. The van der Waals surface area contributed by atoms with Crippen molar-refractivity contribution in [3.05, 3.63) is 58.6 Å². The Morgan fingerprint density at radius 1 is 1.16 bits per heavy atom. The van der Waals surface area contributed by atoms with E-state index in [-0.39, 0.29) is 0 Å². The third-order valence-corrected chi connectivity index (χ3v) is 3.93. The Labute approximate surface area is 151 Å². The summed E-state index contributed by atoms with van der Waals surface area (Å²) in [5.74, 6) is -0.482. The first kappa shape index (κ1) is 18.8. The average Bonchev–Trinajstić information content (AvgIpc) is 2.57. The molecule has 2 aromatic rings. The number of halogens is 1. The summed E-state index contributed by atoms with van der Waals surface area (Å²) in [4.78, 5) is 23.9. The molecule has 0 spiro atoms. The fourth-order valence-corrected chi connectivity index (χ4v) is 2.30. The minimum Gasteiger partial charge on any atom is -0.479 e. The quantitative estimate of drug-likeness (QED) is 0.792. The Hall–Kier alpha value is -2.53. The number of hydrogen-bond donors (Lipinski definition) is 1. The van der Waals surface area contributed by atoms with Crippen molar-refractivity contribution in [2.24, 2.45) is 0 Å². The summed E-state index contributed by atoms with van der Waals surface area (Å²) in [6.07, 6.45) is -0.817. The Balaban J connectivity index is 1.84. The zero-order valence-electron chi connectivity index (χ0n) is 14.3. The van der Waals surface area contributed by atoms with Crippen LogP contribution < -0.4 is 10.1 Å². The number of rotatable bonds is 6. The van der Waals surface area contributed by atoms with Gasteiger partial charge in [-0.3, -0.25) is 4.79 Å². The van der Waals surface area contributed by atoms with Crippen LogP contribution in [0.1, 0.15) is 18.1 Å². The Morgan fingerprint density at radius 2 is 1.88 bits per heavy atom. The lowest BCUT2D eigenvalue weighted by atomic mass is 10.2. The van der Waals surface area contributed by atoms with Crippen LogP contribution in [0.2, 0.25) is 5.02 Å². The van der Waals surface area contributed by atoms with Crippen LogP contribution >= 0.6 is 11.6 Å². The standard InChI is InChI=1S/C19H20ClNO4/c1-12-6-4-7-15(10-12)25-14(3)19(23)24-11-18(22)21-17-9-5-8-16(20)13(17)2/h4-10,14H,11H2,1-3H3,(H,21,22)/t14-/m0/s1. The molecule has 0 aliphatic heterocycles. The monoisotopic (exact) mass is 361 g/mol. The molecule has 0 aliphatic rings. The molecule has 0 bridgehead atoms. The highest BCUT2D eigenvalue weighted by atomic mass is 35.5. The van der Waals surface area contributed by atoms with Crippen molar-refractivity contribution in [2.75, 3.05) is 11.9 Å². The fraction of sp³-hybridized carbons (Fsp3) is 0.263. The highest BCUT2D eigenvalue weighted by Crippen LogP contribution is 2.22. The van der Waals surface area contributed by atoms with Gasteiger partial charge >= 0.3 is 5.97 Å². The van der Waals surface area contributed by atoms with Gasteiger partial charge in [0, 0.05) is 10.7 Å². The second kappa shape index (κ2) is 8.53. The maximum Gasteiger partial charge on any atom is 0.347 e. The first-order valence-corrected chi connectivity index (χ1v) is 8.19. The van der Waals surface area contributed by atoms with Gasteiger partial charge in [-0.1, -0.05) is 29.8 Å². The maximum atomic E-state index is 12.0. The van der Waals surface area contributed by atoms with Crippen molar-refractivity contribution in [2.45, 2.75) is 26.9 Å². The first-order valence-electron chi connectivity index (χ1n) is 7.81. The third kappa shape index (κ3) is 5.50. The van der Waals surface area contributed by atoms with Crippen molar-refractivity contribution in [3.8, 4) is 5.75 Å². The zero-order valence-corrected chi connectivity index (χ0v) is 15.1. The lowest BCUT2D eigenvalue weighted by Crippen LogP contribution is -2.29. The molecule has 0 fully saturated rings. The van der Waals surface area contributed by atoms with Gasteiger partial charge in [0.05, 0.1) is 0 Å². The number of aryl methyl sites for hydroxylation is 1. The van der Waals surface area contributed by atoms with E-state index in [1.807, 2.05) is 25.1 Å². The van der Waals surface area contributed by atoms with Crippen LogP contribution in [0, 0.1) is 13.8 Å². The second-order valence-corrected chi connectivity index (χ2v) is 6.05. The maximum absolute atomic E-state index is 12.0. The Morgan fingerprint density at radius 3 is 2.60 bits per heavy atom. The number of ether oxygens (including phenoxy) is 2. The molecule has 132 valence electrons. The number of carbonyl (C=O) groups is 2. The van der Waals surface area contributed by atoms with Crippen LogP contribution in [-0.4, -0.2) is 24.6 Å². The lowest BCUT2D eigenvalue weighted by molar-refractivity contribution is -0.153. The highest BCUT2D eigenvalue weighted by molar-refractivity contribution is 6.31. The van der Waals surface area contributed by atoms with E-state index in [0.717, 1.165) is 11.1 Å². The molecule has 0 heterocycles. The number of esters is 1. The van der Waals surface area contributed by atoms with Crippen molar-refractivity contribution >= 4 is 29.2 Å². The van der Waals surface area contributed by atoms with Gasteiger partial charge in [-0.25, -0.2) is 4.79 Å². The number of carbonyl (C=O) groups excluding carboxylic acids is 2. The van der Waals surface area contributed by atoms with Crippen LogP contribution in [0.3, 0.4) is 0 Å². The van der Waals surface area contributed by atoms with E-state index < -0.39 is 24.6 Å². The van der Waals surface area contributed by atoms with Gasteiger partial charge in [0.15, 0.2) is 12.7 Å². The molecule has 0 aromatic heterocycles. The van der Waals surface area contributed by atoms with Gasteiger partial charge in [0.2, 0.25) is 0 Å². The van der Waals surface area contributed by atoms with E-state index in [9.17, 15) is 9.59 Å². The molecular formula is C19H20ClNO4. The van der Waals surface area contributed by atoms with Crippen molar-refractivity contribution in [3.63, 3.8) is 0 Å².